The number of benzene rings is 2. The van der Waals surface area contributed by atoms with E-state index in [-0.39, 0.29) is 0 Å². The second kappa shape index (κ2) is 5.26. The average molecular weight is 240 g/mol. The van der Waals surface area contributed by atoms with Gasteiger partial charge in [0.1, 0.15) is 11.5 Å². The van der Waals surface area contributed by atoms with E-state index in [0.717, 1.165) is 17.9 Å². The van der Waals surface area contributed by atoms with Crippen molar-refractivity contribution in [2.45, 2.75) is 34.1 Å². The van der Waals surface area contributed by atoms with Gasteiger partial charge in [0.2, 0.25) is 0 Å². The third-order valence-corrected chi connectivity index (χ3v) is 3.47. The molecule has 0 saturated carbocycles. The molecule has 0 N–H and O–H groups in total. The minimum atomic E-state index is 0.898. The van der Waals surface area contributed by atoms with E-state index in [4.69, 9.17) is 4.74 Å². The van der Waals surface area contributed by atoms with Crippen LogP contribution in [0.1, 0.15) is 29.2 Å². The Morgan fingerprint density at radius 1 is 0.833 bits per heavy atom. The number of hydrogen-bond acceptors (Lipinski definition) is 1. The third kappa shape index (κ3) is 2.73. The molecule has 0 fully saturated rings. The summed E-state index contributed by atoms with van der Waals surface area (Å²) in [5.41, 5.74) is 5.22. The van der Waals surface area contributed by atoms with Crippen LogP contribution in [0.2, 0.25) is 0 Å². The Labute approximate surface area is 109 Å². The molecular formula is C17H20O. The van der Waals surface area contributed by atoms with E-state index in [1.54, 1.807) is 0 Å². The number of hydrogen-bond donors (Lipinski definition) is 0. The molecule has 18 heavy (non-hydrogen) atoms. The summed E-state index contributed by atoms with van der Waals surface area (Å²) in [6.45, 7) is 8.54. The van der Waals surface area contributed by atoms with Crippen LogP contribution >= 0.6 is 0 Å². The highest BCUT2D eigenvalue weighted by molar-refractivity contribution is 5.42. The Balaban J connectivity index is 2.23. The Hall–Kier alpha value is -1.76. The van der Waals surface area contributed by atoms with Crippen LogP contribution in [0.4, 0.5) is 0 Å². The smallest absolute Gasteiger partial charge is 0.127 e. The largest absolute Gasteiger partial charge is 0.457 e. The zero-order chi connectivity index (χ0) is 13.1. The molecule has 0 aromatic heterocycles. The molecule has 2 aromatic rings. The maximum absolute atomic E-state index is 5.89. The summed E-state index contributed by atoms with van der Waals surface area (Å²) in [6, 6.07) is 12.5. The van der Waals surface area contributed by atoms with Crippen LogP contribution in [0.3, 0.4) is 0 Å². The number of aryl methyl sites for hydroxylation is 3. The van der Waals surface area contributed by atoms with Crippen molar-refractivity contribution in [3.63, 3.8) is 0 Å². The van der Waals surface area contributed by atoms with Crippen molar-refractivity contribution in [1.82, 2.24) is 0 Å². The van der Waals surface area contributed by atoms with Gasteiger partial charge in [0.15, 0.2) is 0 Å². The van der Waals surface area contributed by atoms with E-state index in [1.807, 2.05) is 12.1 Å². The molecular weight excluding hydrogens is 220 g/mol. The molecule has 0 aliphatic rings. The first kappa shape index (κ1) is 12.7. The summed E-state index contributed by atoms with van der Waals surface area (Å²) in [5, 5.41) is 0. The first-order valence-corrected chi connectivity index (χ1v) is 6.44. The topological polar surface area (TPSA) is 9.23 Å². The molecule has 0 aliphatic heterocycles. The predicted octanol–water partition coefficient (Wildman–Crippen LogP) is 4.97. The molecule has 0 spiro atoms. The van der Waals surface area contributed by atoms with Gasteiger partial charge >= 0.3 is 0 Å². The molecule has 0 heterocycles. The lowest BCUT2D eigenvalue weighted by atomic mass is 10.0. The molecule has 0 radical (unpaired) electrons. The fourth-order valence-electron chi connectivity index (χ4n) is 1.98. The average Bonchev–Trinajstić information content (AvgIpc) is 2.37. The Morgan fingerprint density at radius 2 is 1.39 bits per heavy atom. The summed E-state index contributed by atoms with van der Waals surface area (Å²) in [4.78, 5) is 0. The molecule has 0 aliphatic carbocycles. The summed E-state index contributed by atoms with van der Waals surface area (Å²) in [7, 11) is 0. The molecule has 2 rings (SSSR count). The molecule has 0 saturated heterocycles. The van der Waals surface area contributed by atoms with E-state index in [0.29, 0.717) is 0 Å². The number of ether oxygens (including phenoxy) is 1. The summed E-state index contributed by atoms with van der Waals surface area (Å²) in [5.74, 6) is 1.81. The highest BCUT2D eigenvalue weighted by Crippen LogP contribution is 2.26. The first-order chi connectivity index (χ1) is 8.60. The van der Waals surface area contributed by atoms with Crippen molar-refractivity contribution in [3.8, 4) is 11.5 Å². The Morgan fingerprint density at radius 3 is 1.89 bits per heavy atom. The maximum atomic E-state index is 5.89. The van der Waals surface area contributed by atoms with Crippen LogP contribution in [0.15, 0.2) is 36.4 Å². The molecule has 1 nitrogen and oxygen atoms in total. The van der Waals surface area contributed by atoms with Crippen LogP contribution in [0.25, 0.3) is 0 Å². The fraction of sp³-hybridized carbons (Fsp3) is 0.294. The van der Waals surface area contributed by atoms with Crippen molar-refractivity contribution in [3.05, 3.63) is 58.7 Å². The van der Waals surface area contributed by atoms with Gasteiger partial charge in [-0.3, -0.25) is 0 Å². The highest BCUT2D eigenvalue weighted by Gasteiger charge is 2.03. The first-order valence-electron chi connectivity index (χ1n) is 6.44. The molecule has 0 bridgehead atoms. The zero-order valence-electron chi connectivity index (χ0n) is 11.6. The van der Waals surface area contributed by atoms with Gasteiger partial charge in [0.25, 0.3) is 0 Å². The van der Waals surface area contributed by atoms with E-state index < -0.39 is 0 Å². The zero-order valence-corrected chi connectivity index (χ0v) is 11.6. The lowest BCUT2D eigenvalue weighted by molar-refractivity contribution is 0.481. The van der Waals surface area contributed by atoms with Gasteiger partial charge in [-0.25, -0.2) is 0 Å². The van der Waals surface area contributed by atoms with Gasteiger partial charge in [-0.1, -0.05) is 19.1 Å². The van der Waals surface area contributed by atoms with Crippen LogP contribution in [0, 0.1) is 20.8 Å². The minimum absolute atomic E-state index is 0.898. The lowest BCUT2D eigenvalue weighted by Crippen LogP contribution is -1.90. The van der Waals surface area contributed by atoms with E-state index in [9.17, 15) is 0 Å². The summed E-state index contributed by atoms with van der Waals surface area (Å²) < 4.78 is 5.89. The lowest BCUT2D eigenvalue weighted by Gasteiger charge is -2.11. The molecule has 1 heteroatoms. The quantitative estimate of drug-likeness (QED) is 0.736. The van der Waals surface area contributed by atoms with Crippen molar-refractivity contribution < 1.29 is 4.74 Å². The van der Waals surface area contributed by atoms with Crippen molar-refractivity contribution >= 4 is 0 Å². The molecule has 0 amide bonds. The van der Waals surface area contributed by atoms with Gasteiger partial charge in [-0.05, 0) is 73.7 Å². The second-order valence-corrected chi connectivity index (χ2v) is 4.78. The standard InChI is InChI=1S/C17H20O/c1-5-15-6-8-16(9-7-15)18-17-10-12(2)14(4)13(3)11-17/h6-11H,5H2,1-4H3. The molecule has 0 atom stereocenters. The third-order valence-electron chi connectivity index (χ3n) is 3.47. The Bertz CT molecular complexity index is 515. The van der Waals surface area contributed by atoms with Crippen LogP contribution in [0.5, 0.6) is 11.5 Å². The van der Waals surface area contributed by atoms with E-state index >= 15 is 0 Å². The summed E-state index contributed by atoms with van der Waals surface area (Å²) in [6.07, 6.45) is 1.06. The van der Waals surface area contributed by atoms with E-state index in [2.05, 4.69) is 52.0 Å². The fourth-order valence-corrected chi connectivity index (χ4v) is 1.98. The molecule has 94 valence electrons. The van der Waals surface area contributed by atoms with E-state index in [1.165, 1.54) is 22.3 Å². The number of rotatable bonds is 3. The van der Waals surface area contributed by atoms with Crippen LogP contribution < -0.4 is 4.74 Å². The predicted molar refractivity (Wildman–Crippen MR) is 76.5 cm³/mol. The van der Waals surface area contributed by atoms with Gasteiger partial charge < -0.3 is 4.74 Å². The second-order valence-electron chi connectivity index (χ2n) is 4.78. The maximum Gasteiger partial charge on any atom is 0.127 e. The van der Waals surface area contributed by atoms with Gasteiger partial charge in [-0.15, -0.1) is 0 Å². The molecule has 0 unspecified atom stereocenters. The van der Waals surface area contributed by atoms with Crippen molar-refractivity contribution in [1.29, 1.82) is 0 Å². The van der Waals surface area contributed by atoms with Gasteiger partial charge in [0.05, 0.1) is 0 Å². The molecule has 2 aromatic carbocycles. The minimum Gasteiger partial charge on any atom is -0.457 e. The van der Waals surface area contributed by atoms with Crippen LogP contribution in [-0.4, -0.2) is 0 Å². The normalized spacial score (nSPS) is 10.4. The SMILES string of the molecule is CCc1ccc(Oc2cc(C)c(C)c(C)c2)cc1. The van der Waals surface area contributed by atoms with Crippen molar-refractivity contribution in [2.75, 3.05) is 0 Å². The Kier molecular flexibility index (Phi) is 3.71. The monoisotopic (exact) mass is 240 g/mol. The highest BCUT2D eigenvalue weighted by atomic mass is 16.5. The summed E-state index contributed by atoms with van der Waals surface area (Å²) >= 11 is 0. The van der Waals surface area contributed by atoms with Crippen LogP contribution in [-0.2, 0) is 6.42 Å². The van der Waals surface area contributed by atoms with Gasteiger partial charge in [0, 0.05) is 0 Å². The van der Waals surface area contributed by atoms with Crippen molar-refractivity contribution in [2.24, 2.45) is 0 Å². The van der Waals surface area contributed by atoms with Gasteiger partial charge in [-0.2, -0.15) is 0 Å².